The molecule has 0 bridgehead atoms. The first kappa shape index (κ1) is 16.2. The molecule has 6 nitrogen and oxygen atoms in total. The van der Waals surface area contributed by atoms with Crippen molar-refractivity contribution in [3.63, 3.8) is 0 Å². The first-order chi connectivity index (χ1) is 10.4. The molecule has 2 rings (SSSR count). The lowest BCUT2D eigenvalue weighted by Crippen LogP contribution is -2.26. The molecule has 0 aromatic heterocycles. The van der Waals surface area contributed by atoms with Gasteiger partial charge in [0.2, 0.25) is 0 Å². The van der Waals surface area contributed by atoms with Crippen LogP contribution in [0.5, 0.6) is 0 Å². The van der Waals surface area contributed by atoms with Crippen LogP contribution in [0.1, 0.15) is 51.3 Å². The predicted molar refractivity (Wildman–Crippen MR) is 80.9 cm³/mol. The molecule has 0 atom stereocenters. The molecule has 0 aliphatic carbocycles. The van der Waals surface area contributed by atoms with Gasteiger partial charge in [0.05, 0.1) is 17.2 Å². The van der Waals surface area contributed by atoms with Crippen molar-refractivity contribution in [2.75, 3.05) is 20.2 Å². The van der Waals surface area contributed by atoms with Gasteiger partial charge in [-0.1, -0.05) is 0 Å². The Bertz CT molecular complexity index is 610. The fraction of sp³-hybridized carbons (Fsp3) is 0.438. The van der Waals surface area contributed by atoms with Crippen molar-refractivity contribution in [1.82, 2.24) is 10.2 Å². The van der Waals surface area contributed by atoms with E-state index in [9.17, 15) is 14.4 Å². The number of nitrogens with zero attached hydrogens (tertiary/aromatic N) is 1. The number of imide groups is 1. The molecule has 1 aromatic carbocycles. The lowest BCUT2D eigenvalue weighted by atomic mass is 10.1. The summed E-state index contributed by atoms with van der Waals surface area (Å²) in [6, 6.07) is 4.55. The van der Waals surface area contributed by atoms with Gasteiger partial charge in [0.1, 0.15) is 0 Å². The maximum Gasteiger partial charge on any atom is 0.261 e. The van der Waals surface area contributed by atoms with Crippen LogP contribution in [-0.2, 0) is 4.74 Å². The second-order valence-electron chi connectivity index (χ2n) is 5.46. The van der Waals surface area contributed by atoms with Crippen LogP contribution in [0, 0.1) is 0 Å². The zero-order chi connectivity index (χ0) is 16.3. The van der Waals surface area contributed by atoms with E-state index in [0.29, 0.717) is 24.3 Å². The summed E-state index contributed by atoms with van der Waals surface area (Å²) in [5.41, 5.74) is 0.998. The smallest absolute Gasteiger partial charge is 0.261 e. The summed E-state index contributed by atoms with van der Waals surface area (Å²) in [5.74, 6) is -0.972. The number of carbonyl (C=O) groups is 3. The van der Waals surface area contributed by atoms with Crippen LogP contribution in [0.15, 0.2) is 18.2 Å². The predicted octanol–water partition coefficient (Wildman–Crippen LogP) is 1.46. The lowest BCUT2D eigenvalue weighted by Gasteiger charge is -2.08. The van der Waals surface area contributed by atoms with E-state index in [4.69, 9.17) is 4.74 Å². The fourth-order valence-electron chi connectivity index (χ4n) is 2.20. The molecule has 118 valence electrons. The molecule has 0 saturated carbocycles. The third-order valence-electron chi connectivity index (χ3n) is 3.41. The van der Waals surface area contributed by atoms with Gasteiger partial charge in [-0.2, -0.15) is 0 Å². The molecule has 22 heavy (non-hydrogen) atoms. The molecule has 1 heterocycles. The Hall–Kier alpha value is -2.21. The van der Waals surface area contributed by atoms with Gasteiger partial charge in [-0.15, -0.1) is 0 Å². The van der Waals surface area contributed by atoms with Gasteiger partial charge in [0.25, 0.3) is 17.7 Å². The molecule has 0 radical (unpaired) electrons. The van der Waals surface area contributed by atoms with Crippen LogP contribution in [0.25, 0.3) is 0 Å². The van der Waals surface area contributed by atoms with E-state index in [1.807, 2.05) is 13.8 Å². The lowest BCUT2D eigenvalue weighted by molar-refractivity contribution is 0.0692. The van der Waals surface area contributed by atoms with Crippen LogP contribution in [0.4, 0.5) is 0 Å². The Morgan fingerprint density at radius 1 is 1.23 bits per heavy atom. The van der Waals surface area contributed by atoms with E-state index in [1.54, 1.807) is 6.07 Å². The number of rotatable bonds is 6. The van der Waals surface area contributed by atoms with Gasteiger partial charge in [0.15, 0.2) is 0 Å². The second-order valence-corrected chi connectivity index (χ2v) is 5.46. The highest BCUT2D eigenvalue weighted by Crippen LogP contribution is 2.22. The molecule has 0 saturated heterocycles. The van der Waals surface area contributed by atoms with Crippen molar-refractivity contribution in [2.45, 2.75) is 26.4 Å². The number of fused-ring (bicyclic) bond motifs is 1. The van der Waals surface area contributed by atoms with Gasteiger partial charge in [-0.05, 0) is 38.5 Å². The van der Waals surface area contributed by atoms with Gasteiger partial charge in [0, 0.05) is 25.8 Å². The highest BCUT2D eigenvalue weighted by Gasteiger charge is 2.33. The molecule has 0 unspecified atom stereocenters. The van der Waals surface area contributed by atoms with Crippen molar-refractivity contribution >= 4 is 17.7 Å². The third-order valence-corrected chi connectivity index (χ3v) is 3.41. The number of carbonyl (C=O) groups excluding carboxylic acids is 3. The van der Waals surface area contributed by atoms with Gasteiger partial charge in [-0.25, -0.2) is 0 Å². The largest absolute Gasteiger partial charge is 0.379 e. The van der Waals surface area contributed by atoms with Crippen molar-refractivity contribution < 1.29 is 19.1 Å². The molecule has 1 aliphatic rings. The standard InChI is InChI=1S/C16H20N2O4/c1-10(2)22-8-4-7-17-14(19)11-5-6-12-13(9-11)16(21)18(3)15(12)20/h5-6,9-10H,4,7-8H2,1-3H3,(H,17,19). The van der Waals surface area contributed by atoms with E-state index >= 15 is 0 Å². The summed E-state index contributed by atoms with van der Waals surface area (Å²) in [7, 11) is 1.43. The molecule has 0 spiro atoms. The van der Waals surface area contributed by atoms with Gasteiger partial charge < -0.3 is 10.1 Å². The summed E-state index contributed by atoms with van der Waals surface area (Å²) < 4.78 is 5.39. The summed E-state index contributed by atoms with van der Waals surface area (Å²) >= 11 is 0. The van der Waals surface area contributed by atoms with E-state index in [0.717, 1.165) is 11.3 Å². The SMILES string of the molecule is CC(C)OCCCNC(=O)c1ccc2c(c1)C(=O)N(C)C2=O. The Morgan fingerprint density at radius 3 is 2.59 bits per heavy atom. The molecule has 1 aromatic rings. The minimum atomic E-state index is -0.375. The number of benzene rings is 1. The maximum atomic E-state index is 12.0. The first-order valence-corrected chi connectivity index (χ1v) is 7.28. The van der Waals surface area contributed by atoms with Crippen LogP contribution in [-0.4, -0.2) is 48.9 Å². The molecule has 3 amide bonds. The highest BCUT2D eigenvalue weighted by atomic mass is 16.5. The zero-order valence-electron chi connectivity index (χ0n) is 13.0. The van der Waals surface area contributed by atoms with Crippen molar-refractivity contribution in [2.24, 2.45) is 0 Å². The van der Waals surface area contributed by atoms with E-state index in [-0.39, 0.29) is 29.4 Å². The van der Waals surface area contributed by atoms with Crippen molar-refractivity contribution in [1.29, 1.82) is 0 Å². The Morgan fingerprint density at radius 2 is 1.91 bits per heavy atom. The molecular weight excluding hydrogens is 284 g/mol. The van der Waals surface area contributed by atoms with Crippen molar-refractivity contribution in [3.05, 3.63) is 34.9 Å². The van der Waals surface area contributed by atoms with Crippen LogP contribution < -0.4 is 5.32 Å². The van der Waals surface area contributed by atoms with E-state index in [1.165, 1.54) is 19.2 Å². The van der Waals surface area contributed by atoms with Crippen LogP contribution in [0.2, 0.25) is 0 Å². The average Bonchev–Trinajstić information content (AvgIpc) is 2.71. The number of hydrogen-bond donors (Lipinski definition) is 1. The quantitative estimate of drug-likeness (QED) is 0.637. The summed E-state index contributed by atoms with van der Waals surface area (Å²) in [6.45, 7) is 4.99. The van der Waals surface area contributed by atoms with Crippen molar-refractivity contribution in [3.8, 4) is 0 Å². The Balaban J connectivity index is 1.95. The molecule has 0 fully saturated rings. The summed E-state index contributed by atoms with van der Waals surface area (Å²) in [6.07, 6.45) is 0.891. The van der Waals surface area contributed by atoms with E-state index in [2.05, 4.69) is 5.32 Å². The van der Waals surface area contributed by atoms with E-state index < -0.39 is 0 Å². The number of hydrogen-bond acceptors (Lipinski definition) is 4. The number of ether oxygens (including phenoxy) is 1. The molecule has 6 heteroatoms. The second kappa shape index (κ2) is 6.70. The topological polar surface area (TPSA) is 75.7 Å². The van der Waals surface area contributed by atoms with Gasteiger partial charge >= 0.3 is 0 Å². The third kappa shape index (κ3) is 3.33. The molecule has 1 aliphatic heterocycles. The molecule has 1 N–H and O–H groups in total. The summed E-state index contributed by atoms with van der Waals surface area (Å²) in [4.78, 5) is 36.8. The average molecular weight is 304 g/mol. The Labute approximate surface area is 129 Å². The Kier molecular flexibility index (Phi) is 4.92. The maximum absolute atomic E-state index is 12.0. The molecular formula is C16H20N2O4. The van der Waals surface area contributed by atoms with Crippen LogP contribution >= 0.6 is 0 Å². The minimum absolute atomic E-state index is 0.174. The number of nitrogens with one attached hydrogen (secondary N) is 1. The monoisotopic (exact) mass is 304 g/mol. The minimum Gasteiger partial charge on any atom is -0.379 e. The normalized spacial score (nSPS) is 13.7. The fourth-order valence-corrected chi connectivity index (χ4v) is 2.20. The summed E-state index contributed by atoms with van der Waals surface area (Å²) in [5, 5.41) is 2.77. The number of amides is 3. The zero-order valence-corrected chi connectivity index (χ0v) is 13.0. The highest BCUT2D eigenvalue weighted by molar-refractivity contribution is 6.21. The van der Waals surface area contributed by atoms with Crippen LogP contribution in [0.3, 0.4) is 0 Å². The first-order valence-electron chi connectivity index (χ1n) is 7.28. The van der Waals surface area contributed by atoms with Gasteiger partial charge in [-0.3, -0.25) is 19.3 Å².